The summed E-state index contributed by atoms with van der Waals surface area (Å²) in [6.07, 6.45) is -3.12. The number of carbonyl (C=O) groups is 2. The standard InChI is InChI=1S/C13H24N4O3S.C4H6O5/c1-13(2,3)14-8-10(18)9-20-12-11(15-21-16-12)17-4-6-19-7-5-17;5-2(4(8)9)1-3(6)7/h10,14,18H,4-9H2,1-3H3;2,5H,1H2,(H,6,7)(H,8,9)/t10-;/m0./s1. The summed E-state index contributed by atoms with van der Waals surface area (Å²) in [5.74, 6) is -1.60. The van der Waals surface area contributed by atoms with E-state index in [-0.39, 0.29) is 12.1 Å². The summed E-state index contributed by atoms with van der Waals surface area (Å²) in [5, 5.41) is 37.3. The molecule has 172 valence electrons. The monoisotopic (exact) mass is 450 g/mol. The topological polar surface area (TPSA) is 175 Å². The zero-order valence-electron chi connectivity index (χ0n) is 17.3. The molecule has 12 nitrogen and oxygen atoms in total. The first-order chi connectivity index (χ1) is 14.0. The third kappa shape index (κ3) is 10.6. The van der Waals surface area contributed by atoms with Crippen molar-refractivity contribution in [3.05, 3.63) is 0 Å². The fourth-order valence-electron chi connectivity index (χ4n) is 2.15. The van der Waals surface area contributed by atoms with Crippen LogP contribution in [-0.2, 0) is 14.3 Å². The zero-order chi connectivity index (χ0) is 22.7. The Morgan fingerprint density at radius 3 is 2.37 bits per heavy atom. The Kier molecular flexibility index (Phi) is 10.9. The van der Waals surface area contributed by atoms with Gasteiger partial charge in [-0.25, -0.2) is 4.79 Å². The van der Waals surface area contributed by atoms with Crippen molar-refractivity contribution in [1.29, 1.82) is 0 Å². The summed E-state index contributed by atoms with van der Waals surface area (Å²) in [6, 6.07) is 0. The summed E-state index contributed by atoms with van der Waals surface area (Å²) >= 11 is 1.12. The van der Waals surface area contributed by atoms with Crippen molar-refractivity contribution in [3.63, 3.8) is 0 Å². The molecule has 0 aliphatic carbocycles. The highest BCUT2D eigenvalue weighted by atomic mass is 32.1. The molecule has 1 aromatic rings. The zero-order valence-corrected chi connectivity index (χ0v) is 18.1. The molecule has 30 heavy (non-hydrogen) atoms. The van der Waals surface area contributed by atoms with Gasteiger partial charge >= 0.3 is 11.9 Å². The van der Waals surface area contributed by atoms with Crippen molar-refractivity contribution < 1.29 is 39.5 Å². The second kappa shape index (κ2) is 12.6. The molecule has 2 atom stereocenters. The van der Waals surface area contributed by atoms with Crippen LogP contribution in [0.4, 0.5) is 5.82 Å². The fraction of sp³-hybridized carbons (Fsp3) is 0.765. The molecule has 0 saturated carbocycles. The van der Waals surface area contributed by atoms with Gasteiger partial charge in [0.2, 0.25) is 5.82 Å². The van der Waals surface area contributed by atoms with Crippen LogP contribution in [0.5, 0.6) is 5.88 Å². The number of aliphatic hydroxyl groups is 2. The molecular formula is C17H30N4O8S. The summed E-state index contributed by atoms with van der Waals surface area (Å²) < 4.78 is 19.4. The van der Waals surface area contributed by atoms with Crippen LogP contribution in [0.3, 0.4) is 0 Å². The maximum Gasteiger partial charge on any atom is 0.333 e. The van der Waals surface area contributed by atoms with Crippen LogP contribution in [0, 0.1) is 0 Å². The molecule has 0 amide bonds. The predicted molar refractivity (Wildman–Crippen MR) is 108 cm³/mol. The Labute approximate surface area is 178 Å². The molecule has 1 fully saturated rings. The number of nitrogens with zero attached hydrogens (tertiary/aromatic N) is 3. The number of β-amino-alcohol motifs (C(OH)–C–C–N with tert-alkyl or cyclic N) is 1. The van der Waals surface area contributed by atoms with Crippen LogP contribution in [0.2, 0.25) is 0 Å². The lowest BCUT2D eigenvalue weighted by Gasteiger charge is -2.27. The first kappa shape index (κ1) is 26.0. The van der Waals surface area contributed by atoms with Crippen molar-refractivity contribution in [2.75, 3.05) is 44.4 Å². The lowest BCUT2D eigenvalue weighted by Crippen LogP contribution is -2.42. The number of anilines is 1. The van der Waals surface area contributed by atoms with Crippen LogP contribution in [0.15, 0.2) is 0 Å². The van der Waals surface area contributed by atoms with Gasteiger partial charge in [-0.3, -0.25) is 4.79 Å². The summed E-state index contributed by atoms with van der Waals surface area (Å²) in [6.45, 7) is 9.81. The van der Waals surface area contributed by atoms with E-state index in [1.165, 1.54) is 0 Å². The largest absolute Gasteiger partial charge is 0.481 e. The van der Waals surface area contributed by atoms with E-state index in [2.05, 4.69) is 39.7 Å². The van der Waals surface area contributed by atoms with Gasteiger partial charge in [-0.1, -0.05) is 0 Å². The Bertz CT molecular complexity index is 660. The lowest BCUT2D eigenvalue weighted by molar-refractivity contribution is -0.152. The van der Waals surface area contributed by atoms with Gasteiger partial charge in [0.25, 0.3) is 5.88 Å². The van der Waals surface area contributed by atoms with E-state index in [0.29, 0.717) is 25.6 Å². The molecule has 1 saturated heterocycles. The number of carboxylic acids is 2. The Morgan fingerprint density at radius 1 is 1.23 bits per heavy atom. The lowest BCUT2D eigenvalue weighted by atomic mass is 10.1. The van der Waals surface area contributed by atoms with Crippen LogP contribution in [0.1, 0.15) is 27.2 Å². The van der Waals surface area contributed by atoms with Crippen molar-refractivity contribution >= 4 is 29.5 Å². The van der Waals surface area contributed by atoms with E-state index >= 15 is 0 Å². The molecule has 2 heterocycles. The number of rotatable bonds is 9. The predicted octanol–water partition coefficient (Wildman–Crippen LogP) is -0.591. The Hall–Kier alpha value is -2.06. The maximum atomic E-state index is 9.95. The van der Waals surface area contributed by atoms with E-state index in [0.717, 1.165) is 30.6 Å². The summed E-state index contributed by atoms with van der Waals surface area (Å²) in [7, 11) is 0. The molecule has 2 rings (SSSR count). The highest BCUT2D eigenvalue weighted by Gasteiger charge is 2.21. The average molecular weight is 451 g/mol. The number of hydrogen-bond donors (Lipinski definition) is 5. The molecule has 1 aliphatic heterocycles. The van der Waals surface area contributed by atoms with Gasteiger partial charge in [0.05, 0.1) is 31.4 Å². The number of aliphatic carboxylic acids is 2. The van der Waals surface area contributed by atoms with Gasteiger partial charge in [0, 0.05) is 25.2 Å². The van der Waals surface area contributed by atoms with E-state index in [1.54, 1.807) is 0 Å². The number of nitrogens with one attached hydrogen (secondary N) is 1. The molecular weight excluding hydrogens is 420 g/mol. The second-order valence-electron chi connectivity index (χ2n) is 7.54. The quantitative estimate of drug-likeness (QED) is 0.324. The summed E-state index contributed by atoms with van der Waals surface area (Å²) in [5.41, 5.74) is -0.0257. The van der Waals surface area contributed by atoms with E-state index in [9.17, 15) is 14.7 Å². The van der Waals surface area contributed by atoms with Gasteiger partial charge in [-0.15, -0.1) is 4.37 Å². The number of aromatic nitrogens is 2. The normalized spacial score (nSPS) is 16.2. The third-order valence-electron chi connectivity index (χ3n) is 3.69. The van der Waals surface area contributed by atoms with E-state index in [1.807, 2.05) is 0 Å². The molecule has 5 N–H and O–H groups in total. The number of ether oxygens (including phenoxy) is 2. The van der Waals surface area contributed by atoms with Crippen molar-refractivity contribution in [2.24, 2.45) is 0 Å². The SMILES string of the molecule is CC(C)(C)NC[C@H](O)COc1nsnc1N1CCOCC1.O=C(O)CC(O)C(=O)O. The highest BCUT2D eigenvalue weighted by Crippen LogP contribution is 2.26. The second-order valence-corrected chi connectivity index (χ2v) is 8.07. The van der Waals surface area contributed by atoms with E-state index < -0.39 is 30.6 Å². The molecule has 1 aromatic heterocycles. The molecule has 1 aliphatic rings. The van der Waals surface area contributed by atoms with Crippen LogP contribution in [-0.4, -0.2) is 98.3 Å². The molecule has 0 radical (unpaired) electrons. The minimum Gasteiger partial charge on any atom is -0.481 e. The van der Waals surface area contributed by atoms with Crippen molar-refractivity contribution in [1.82, 2.24) is 14.1 Å². The van der Waals surface area contributed by atoms with Gasteiger partial charge in [-0.05, 0) is 20.8 Å². The number of carboxylic acid groups (broad SMARTS) is 2. The molecule has 0 aromatic carbocycles. The molecule has 0 spiro atoms. The average Bonchev–Trinajstić information content (AvgIpc) is 3.13. The Balaban J connectivity index is 0.000000424. The first-order valence-corrected chi connectivity index (χ1v) is 10.1. The van der Waals surface area contributed by atoms with Crippen LogP contribution >= 0.6 is 11.7 Å². The Morgan fingerprint density at radius 2 is 1.87 bits per heavy atom. The smallest absolute Gasteiger partial charge is 0.333 e. The first-order valence-electron chi connectivity index (χ1n) is 9.33. The van der Waals surface area contributed by atoms with E-state index in [4.69, 9.17) is 24.8 Å². The van der Waals surface area contributed by atoms with Crippen LogP contribution in [0.25, 0.3) is 0 Å². The maximum absolute atomic E-state index is 9.95. The third-order valence-corrected chi connectivity index (χ3v) is 4.19. The van der Waals surface area contributed by atoms with Gasteiger partial charge in [0.15, 0.2) is 6.10 Å². The number of hydrogen-bond acceptors (Lipinski definition) is 11. The highest BCUT2D eigenvalue weighted by molar-refractivity contribution is 6.99. The minimum atomic E-state index is -1.79. The van der Waals surface area contributed by atoms with Crippen molar-refractivity contribution in [2.45, 2.75) is 44.9 Å². The van der Waals surface area contributed by atoms with Gasteiger partial charge < -0.3 is 40.1 Å². The van der Waals surface area contributed by atoms with Crippen molar-refractivity contribution in [3.8, 4) is 5.88 Å². The fourth-order valence-corrected chi connectivity index (χ4v) is 2.67. The molecule has 13 heteroatoms. The van der Waals surface area contributed by atoms with Gasteiger partial charge in [-0.2, -0.15) is 4.37 Å². The molecule has 0 bridgehead atoms. The number of morpholine rings is 1. The van der Waals surface area contributed by atoms with Crippen LogP contribution < -0.4 is 15.0 Å². The minimum absolute atomic E-state index is 0.0257. The van der Waals surface area contributed by atoms with Gasteiger partial charge in [0.1, 0.15) is 12.7 Å². The molecule has 1 unspecified atom stereocenters. The summed E-state index contributed by atoms with van der Waals surface area (Å²) in [4.78, 5) is 21.5. The number of aliphatic hydroxyl groups excluding tert-OH is 2.